The van der Waals surface area contributed by atoms with Crippen molar-refractivity contribution in [2.45, 2.75) is 132 Å². The first-order valence-electron chi connectivity index (χ1n) is 49.2. The van der Waals surface area contributed by atoms with Gasteiger partial charge in [0, 0.05) is 130 Å². The second kappa shape index (κ2) is 46.7. The predicted molar refractivity (Wildman–Crippen MR) is 606 cm³/mol. The molecule has 0 aliphatic rings. The van der Waals surface area contributed by atoms with Gasteiger partial charge in [-0.2, -0.15) is 16.4 Å². The van der Waals surface area contributed by atoms with Gasteiger partial charge in [-0.1, -0.05) is 325 Å². The van der Waals surface area contributed by atoms with Crippen molar-refractivity contribution >= 4 is 102 Å². The van der Waals surface area contributed by atoms with Gasteiger partial charge in [0.15, 0.2) is 0 Å². The smallest absolute Gasteiger partial charge is 0.248 e. The van der Waals surface area contributed by atoms with Crippen LogP contribution < -0.4 is 49.6 Å². The number of nitrogens with zero attached hydrogens (tertiary/aromatic N) is 6. The summed E-state index contributed by atoms with van der Waals surface area (Å²) in [7, 11) is 0. The van der Waals surface area contributed by atoms with Crippen molar-refractivity contribution in [3.63, 3.8) is 0 Å². The fraction of sp³-hybridized carbons (Fsp3) is 0.163. The second-order valence-corrected chi connectivity index (χ2v) is 43.7. The van der Waals surface area contributed by atoms with Crippen LogP contribution in [0.25, 0.3) is 121 Å². The Bertz CT molecular complexity index is 7870. The standard InChI is InChI=1S/C47H44BN2OS.C44H40BN2OS.C38H32BN2O.3Pt/c1-31-22-23-44(52-31)38-17-8-10-19-40(38)48(45-21-12-13-24-49-45)37-16-14-15-32(27-37)41-28-34(29-42(50-41)39-18-9-11-20-43(39)51)33-25-35(46(2,3)4)30-36(26-33)47(5,6)7;1-43(2,3)33-23-31(24-34(28-33)44(4,5)6)32-26-38(47-39(27-32)36-16-7-8-18-40(36)48)30-14-11-15-35(25-30)45(41-19-9-10-21-46-41)37-17-12-13-29-20-22-49-42(29)37;1-27(2)22-28-23-35(41-36(24-28)34-18-6-7-19-37(34)42)31-15-11-17-33(26-31)39(38-20-8-9-21-40-38)32-16-10-14-30(25-32)29-12-4-3-5-13-29;;;/h8-26,28-30,51H,1-7H3;7-24,26-28,48H,1-6H3;3-21,23-25,27,42H,22H2,1-2H3;;;/q3*-1;;;. The number of fused-ring (bicyclic) bond motifs is 1. The molecular weight excluding hydrogens is 2360 g/mol. The molecule has 0 radical (unpaired) electrons. The number of phenols is 3. The number of benzene rings is 12. The Morgan fingerprint density at radius 2 is 0.671 bits per heavy atom. The first-order valence-corrected chi connectivity index (χ1v) is 50.9. The van der Waals surface area contributed by atoms with E-state index in [4.69, 9.17) is 29.9 Å². The van der Waals surface area contributed by atoms with Crippen LogP contribution in [0.2, 0.25) is 0 Å². The normalized spacial score (nSPS) is 11.4. The minimum atomic E-state index is -0.154. The molecular formula is C129H116B3N6O3Pt3S2-3. The van der Waals surface area contributed by atoms with Crippen molar-refractivity contribution in [2.24, 2.45) is 5.92 Å². The molecule has 0 amide bonds. The third kappa shape index (κ3) is 25.2. The van der Waals surface area contributed by atoms with Crippen LogP contribution in [-0.4, -0.2) is 65.4 Å². The Morgan fingerprint density at radius 1 is 0.308 bits per heavy atom. The number of para-hydroxylation sites is 3. The molecule has 0 aliphatic heterocycles. The molecule has 734 valence electrons. The van der Waals surface area contributed by atoms with Gasteiger partial charge in [0.25, 0.3) is 0 Å². The summed E-state index contributed by atoms with van der Waals surface area (Å²) in [6.45, 7) is 33.4. The van der Waals surface area contributed by atoms with Gasteiger partial charge in [-0.05, 0) is 239 Å². The zero-order valence-electron chi connectivity index (χ0n) is 84.8. The summed E-state index contributed by atoms with van der Waals surface area (Å²) in [5.74, 6) is 1.11. The van der Waals surface area contributed by atoms with Gasteiger partial charge in [-0.25, -0.2) is 0 Å². The average Bonchev–Trinajstić information content (AvgIpc) is 1.08. The summed E-state index contributed by atoms with van der Waals surface area (Å²) < 4.78 is 1.26. The summed E-state index contributed by atoms with van der Waals surface area (Å²) >= 11 is 3.57. The molecule has 0 fully saturated rings. The van der Waals surface area contributed by atoms with E-state index in [1.165, 1.54) is 75.3 Å². The maximum Gasteiger partial charge on any atom is 0.248 e. The van der Waals surface area contributed by atoms with Crippen LogP contribution in [-0.2, 0) is 91.3 Å². The summed E-state index contributed by atoms with van der Waals surface area (Å²) in [5, 5.41) is 36.0. The summed E-state index contributed by atoms with van der Waals surface area (Å²) in [6, 6.07) is 138. The number of thiophene rings is 2. The Balaban J connectivity index is 0.000000164. The fourth-order valence-corrected chi connectivity index (χ4v) is 20.5. The van der Waals surface area contributed by atoms with Gasteiger partial charge in [0.05, 0.1) is 17.1 Å². The number of aromatic nitrogens is 6. The number of aryl methyl sites for hydroxylation is 1. The zero-order valence-corrected chi connectivity index (χ0v) is 93.3. The van der Waals surface area contributed by atoms with Gasteiger partial charge in [-0.3, -0.25) is 29.9 Å². The van der Waals surface area contributed by atoms with Crippen molar-refractivity contribution in [3.8, 4) is 129 Å². The SMILES string of the molecule is CC(C)(C)c1cc(-c2cc(-c3[c-]c(B(c4ccccn4)c4cccc5ccsc45)ccc3)nc(-c3ccccc3O)c2)cc(C(C)(C)C)c1.CC(C)Cc1cc(-c2[c-]c(B(c3cccc(-c4ccccc4)c3)c3ccccn3)ccc2)nc(-c2ccccc2O)c1.Cc1ccc(-c2ccccc2B(c2[c-]c(-c3cc(-c4cc(C(C)(C)C)cc(C(C)(C)C)c4)cc(-c4ccccc4O)n3)ccc2)c2ccccn2)s1.[Pt].[Pt].[Pt]. The molecule has 8 aromatic heterocycles. The van der Waals surface area contributed by atoms with Gasteiger partial charge in [0.1, 0.15) is 17.2 Å². The Kier molecular flexibility index (Phi) is 34.3. The molecule has 20 aromatic rings. The Morgan fingerprint density at radius 3 is 1.10 bits per heavy atom. The summed E-state index contributed by atoms with van der Waals surface area (Å²) in [6.07, 6.45) is 6.49. The van der Waals surface area contributed by atoms with E-state index < -0.39 is 0 Å². The number of pyridine rings is 6. The minimum Gasteiger partial charge on any atom is -0.507 e. The van der Waals surface area contributed by atoms with Crippen molar-refractivity contribution in [1.29, 1.82) is 0 Å². The van der Waals surface area contributed by atoms with E-state index in [1.807, 2.05) is 104 Å². The molecule has 3 N–H and O–H groups in total. The van der Waals surface area contributed by atoms with E-state index in [9.17, 15) is 15.3 Å². The van der Waals surface area contributed by atoms with E-state index >= 15 is 0 Å². The van der Waals surface area contributed by atoms with Gasteiger partial charge < -0.3 is 15.3 Å². The molecule has 0 spiro atoms. The first kappa shape index (κ1) is 107. The van der Waals surface area contributed by atoms with Crippen molar-refractivity contribution in [2.75, 3.05) is 0 Å². The zero-order chi connectivity index (χ0) is 99.9. The largest absolute Gasteiger partial charge is 0.507 e. The Labute approximate surface area is 913 Å². The van der Waals surface area contributed by atoms with Crippen LogP contribution in [0.3, 0.4) is 0 Å². The van der Waals surface area contributed by atoms with E-state index in [-0.39, 0.29) is 122 Å². The van der Waals surface area contributed by atoms with Crippen molar-refractivity contribution < 1.29 is 78.5 Å². The first-order chi connectivity index (χ1) is 68.8. The van der Waals surface area contributed by atoms with Crippen LogP contribution in [0.4, 0.5) is 0 Å². The molecule has 20 rings (SSSR count). The van der Waals surface area contributed by atoms with Crippen molar-refractivity contribution in [3.05, 3.63) is 445 Å². The average molecular weight is 2480 g/mol. The van der Waals surface area contributed by atoms with E-state index in [0.29, 0.717) is 28.4 Å². The third-order valence-electron chi connectivity index (χ3n) is 26.3. The maximum absolute atomic E-state index is 11.0. The summed E-state index contributed by atoms with van der Waals surface area (Å²) in [4.78, 5) is 32.5. The molecule has 0 saturated carbocycles. The van der Waals surface area contributed by atoms with Crippen molar-refractivity contribution in [1.82, 2.24) is 29.9 Å². The molecule has 12 aromatic carbocycles. The van der Waals surface area contributed by atoms with Crippen LogP contribution in [0, 0.1) is 31.0 Å². The third-order valence-corrected chi connectivity index (χ3v) is 28.3. The predicted octanol–water partition coefficient (Wildman–Crippen LogP) is 26.1. The second-order valence-electron chi connectivity index (χ2n) is 41.5. The monoisotopic (exact) mass is 2480 g/mol. The molecule has 0 aliphatic carbocycles. The number of rotatable bonds is 21. The molecule has 0 saturated heterocycles. The molecule has 8 heterocycles. The van der Waals surface area contributed by atoms with Gasteiger partial charge >= 0.3 is 0 Å². The van der Waals surface area contributed by atoms with E-state index in [2.05, 4.69) is 394 Å². The van der Waals surface area contributed by atoms with Crippen LogP contribution in [0.1, 0.15) is 130 Å². The Hall–Kier alpha value is -13.1. The molecule has 17 heteroatoms. The van der Waals surface area contributed by atoms with E-state index in [0.717, 1.165) is 112 Å². The maximum atomic E-state index is 11.0. The molecule has 0 bridgehead atoms. The number of hydrogen-bond acceptors (Lipinski definition) is 11. The molecule has 9 nitrogen and oxygen atoms in total. The van der Waals surface area contributed by atoms with Gasteiger partial charge in [0.2, 0.25) is 20.1 Å². The molecule has 0 unspecified atom stereocenters. The molecule has 0 atom stereocenters. The van der Waals surface area contributed by atoms with Gasteiger partial charge in [-0.15, -0.1) is 112 Å². The number of hydrogen-bond donors (Lipinski definition) is 3. The number of phenolic OH excluding ortho intramolecular Hbond substituents is 3. The fourth-order valence-electron chi connectivity index (χ4n) is 18.7. The van der Waals surface area contributed by atoms with Crippen LogP contribution in [0.5, 0.6) is 17.2 Å². The quantitative estimate of drug-likeness (QED) is 0.0474. The number of aromatic hydroxyl groups is 3. The topological polar surface area (TPSA) is 138 Å². The van der Waals surface area contributed by atoms with Crippen LogP contribution in [0.15, 0.2) is 394 Å². The van der Waals surface area contributed by atoms with Crippen LogP contribution >= 0.6 is 22.7 Å². The molecule has 146 heavy (non-hydrogen) atoms. The summed E-state index contributed by atoms with van der Waals surface area (Å²) in [5.41, 5.74) is 33.0. The van der Waals surface area contributed by atoms with E-state index in [1.54, 1.807) is 40.9 Å². The minimum absolute atomic E-state index is 0.